The van der Waals surface area contributed by atoms with Gasteiger partial charge in [0.2, 0.25) is 0 Å². The van der Waals surface area contributed by atoms with E-state index in [1.165, 1.54) is 10.9 Å². The number of rotatable bonds is 7. The van der Waals surface area contributed by atoms with Crippen LogP contribution < -0.4 is 5.32 Å². The molecule has 0 bridgehead atoms. The van der Waals surface area contributed by atoms with Crippen molar-refractivity contribution in [3.8, 4) is 0 Å². The Morgan fingerprint density at radius 1 is 1.09 bits per heavy atom. The smallest absolute Gasteiger partial charge is 0.367 e. The summed E-state index contributed by atoms with van der Waals surface area (Å²) in [7, 11) is 0. The number of pyridine rings is 1. The number of aryl methyl sites for hydroxylation is 2. The number of alkyl halides is 3. The van der Waals surface area contributed by atoms with E-state index in [2.05, 4.69) is 15.4 Å². The van der Waals surface area contributed by atoms with Crippen LogP contribution in [-0.4, -0.2) is 26.4 Å². The van der Waals surface area contributed by atoms with E-state index in [0.717, 1.165) is 56.2 Å². The number of nitrogens with zero attached hydrogens (tertiary/aromatic N) is 3. The summed E-state index contributed by atoms with van der Waals surface area (Å²) in [6.07, 6.45) is 4.35. The molecule has 0 unspecified atom stereocenters. The van der Waals surface area contributed by atoms with E-state index >= 15 is 0 Å². The Labute approximate surface area is 197 Å². The number of carbonyl (C=O) groups excluding carboxylic acids is 1. The van der Waals surface area contributed by atoms with Gasteiger partial charge < -0.3 is 5.32 Å². The normalized spacial score (nSPS) is 15.8. The van der Waals surface area contributed by atoms with Crippen LogP contribution in [0.1, 0.15) is 85.1 Å². The molecule has 3 aromatic rings. The van der Waals surface area contributed by atoms with Crippen LogP contribution in [0.25, 0.3) is 5.65 Å². The molecule has 8 heteroatoms. The molecule has 0 spiro atoms. The summed E-state index contributed by atoms with van der Waals surface area (Å²) in [6.45, 7) is 1.94. The van der Waals surface area contributed by atoms with Crippen molar-refractivity contribution in [1.82, 2.24) is 14.6 Å². The summed E-state index contributed by atoms with van der Waals surface area (Å²) in [4.78, 5) is 16.8. The Kier molecular flexibility index (Phi) is 7.54. The van der Waals surface area contributed by atoms with Gasteiger partial charge in [0.25, 0.3) is 0 Å². The van der Waals surface area contributed by atoms with Gasteiger partial charge in [0.05, 0.1) is 5.56 Å². The largest absolute Gasteiger partial charge is 0.416 e. The average Bonchev–Trinajstić information content (AvgIpc) is 3.18. The van der Waals surface area contributed by atoms with Crippen LogP contribution in [-0.2, 0) is 12.6 Å². The molecule has 1 aliphatic carbocycles. The van der Waals surface area contributed by atoms with Gasteiger partial charge in [0, 0.05) is 24.4 Å². The van der Waals surface area contributed by atoms with Gasteiger partial charge in [-0.15, -0.1) is 5.10 Å². The molecule has 4 rings (SSSR count). The lowest BCUT2D eigenvalue weighted by molar-refractivity contribution is -0.137. The zero-order valence-electron chi connectivity index (χ0n) is 19.5. The van der Waals surface area contributed by atoms with Crippen molar-refractivity contribution in [1.29, 1.82) is 0 Å². The number of hydrogen-bond acceptors (Lipinski definition) is 4. The van der Waals surface area contributed by atoms with Crippen molar-refractivity contribution in [2.45, 2.75) is 83.4 Å². The number of fused-ring (bicyclic) bond motifs is 1. The van der Waals surface area contributed by atoms with Crippen molar-refractivity contribution < 1.29 is 18.0 Å². The van der Waals surface area contributed by atoms with Crippen LogP contribution in [0.4, 0.5) is 19.0 Å². The number of halogens is 3. The second kappa shape index (κ2) is 10.6. The third-order valence-corrected chi connectivity index (χ3v) is 6.41. The number of benzene rings is 1. The third kappa shape index (κ3) is 6.15. The maximum Gasteiger partial charge on any atom is 0.416 e. The van der Waals surface area contributed by atoms with Crippen LogP contribution in [0.2, 0.25) is 0 Å². The van der Waals surface area contributed by atoms with Crippen molar-refractivity contribution in [2.24, 2.45) is 0 Å². The highest BCUT2D eigenvalue weighted by Crippen LogP contribution is 2.32. The molecule has 1 saturated carbocycles. The predicted octanol–water partition coefficient (Wildman–Crippen LogP) is 6.79. The fraction of sp³-hybridized carbons (Fsp3) is 0.500. The number of anilines is 1. The molecular formula is C26H31F3N4O. The zero-order chi connectivity index (χ0) is 24.1. The number of nitrogens with one attached hydrogen (secondary N) is 1. The lowest BCUT2D eigenvalue weighted by Gasteiger charge is -2.23. The first-order valence-electron chi connectivity index (χ1n) is 12.1. The number of carbonyl (C=O) groups is 1. The Morgan fingerprint density at radius 2 is 1.82 bits per heavy atom. The van der Waals surface area contributed by atoms with Gasteiger partial charge in [-0.1, -0.05) is 55.9 Å². The monoisotopic (exact) mass is 472 g/mol. The van der Waals surface area contributed by atoms with E-state index in [1.807, 2.05) is 25.1 Å². The Balaban J connectivity index is 1.51. The first-order valence-corrected chi connectivity index (χ1v) is 12.1. The molecule has 0 atom stereocenters. The molecule has 1 fully saturated rings. The van der Waals surface area contributed by atoms with Crippen molar-refractivity contribution in [2.75, 3.05) is 5.32 Å². The summed E-state index contributed by atoms with van der Waals surface area (Å²) in [6, 6.07) is 9.74. The molecule has 0 amide bonds. The molecule has 2 aromatic heterocycles. The molecule has 0 saturated heterocycles. The van der Waals surface area contributed by atoms with Gasteiger partial charge in [-0.25, -0.2) is 4.98 Å². The molecule has 0 radical (unpaired) electrons. The predicted molar refractivity (Wildman–Crippen MR) is 126 cm³/mol. The summed E-state index contributed by atoms with van der Waals surface area (Å²) < 4.78 is 42.2. The van der Waals surface area contributed by atoms with Gasteiger partial charge in [-0.05, 0) is 44.4 Å². The van der Waals surface area contributed by atoms with Gasteiger partial charge in [0.15, 0.2) is 17.3 Å². The summed E-state index contributed by atoms with van der Waals surface area (Å²) in [5, 5.41) is 7.82. The van der Waals surface area contributed by atoms with Gasteiger partial charge >= 0.3 is 6.18 Å². The van der Waals surface area contributed by atoms with E-state index in [1.54, 1.807) is 6.07 Å². The minimum absolute atomic E-state index is 0.0402. The molecule has 1 aliphatic rings. The van der Waals surface area contributed by atoms with Crippen LogP contribution >= 0.6 is 0 Å². The fourth-order valence-electron chi connectivity index (χ4n) is 4.58. The Bertz CT molecular complexity index is 1130. The summed E-state index contributed by atoms with van der Waals surface area (Å²) in [5.74, 6) is 0.806. The van der Waals surface area contributed by atoms with Crippen LogP contribution in [0.15, 0.2) is 36.4 Å². The van der Waals surface area contributed by atoms with Crippen LogP contribution in [0, 0.1) is 6.92 Å². The number of ketones is 1. The quantitative estimate of drug-likeness (QED) is 0.385. The zero-order valence-corrected chi connectivity index (χ0v) is 19.5. The minimum Gasteiger partial charge on any atom is -0.367 e. The standard InChI is InChI=1S/C26H31F3N4O/c1-18-9-7-10-19(15-18)22(34)13-8-14-23-31-25-17-20(26(27,28)29)16-24(33(25)32-23)30-21-11-5-3-2-4-6-12-21/h7,9-10,15-17,21,30H,2-6,8,11-14H2,1H3. The van der Waals surface area contributed by atoms with Gasteiger partial charge in [-0.2, -0.15) is 17.7 Å². The molecule has 182 valence electrons. The lowest BCUT2D eigenvalue weighted by Crippen LogP contribution is -2.23. The van der Waals surface area contributed by atoms with Crippen molar-refractivity contribution in [3.63, 3.8) is 0 Å². The maximum atomic E-state index is 13.6. The molecule has 1 N–H and O–H groups in total. The van der Waals surface area contributed by atoms with E-state index in [-0.39, 0.29) is 17.5 Å². The second-order valence-corrected chi connectivity index (χ2v) is 9.26. The van der Waals surface area contributed by atoms with E-state index < -0.39 is 11.7 Å². The number of aromatic nitrogens is 3. The molecule has 2 heterocycles. The lowest BCUT2D eigenvalue weighted by atomic mass is 9.97. The summed E-state index contributed by atoms with van der Waals surface area (Å²) in [5.41, 5.74) is 1.13. The fourth-order valence-corrected chi connectivity index (χ4v) is 4.58. The van der Waals surface area contributed by atoms with E-state index in [4.69, 9.17) is 0 Å². The Morgan fingerprint density at radius 3 is 2.53 bits per heavy atom. The average molecular weight is 473 g/mol. The molecule has 1 aromatic carbocycles. The first-order chi connectivity index (χ1) is 16.3. The number of hydrogen-bond donors (Lipinski definition) is 1. The first kappa shape index (κ1) is 24.2. The van der Waals surface area contributed by atoms with Crippen molar-refractivity contribution in [3.05, 3.63) is 58.9 Å². The Hall–Kier alpha value is -2.90. The SMILES string of the molecule is Cc1cccc(C(=O)CCCc2nc3cc(C(F)(F)F)cc(NC4CCCCCCC4)n3n2)c1. The highest BCUT2D eigenvalue weighted by Gasteiger charge is 2.32. The molecule has 0 aliphatic heterocycles. The second-order valence-electron chi connectivity index (χ2n) is 9.26. The summed E-state index contributed by atoms with van der Waals surface area (Å²) >= 11 is 0. The molecule has 5 nitrogen and oxygen atoms in total. The molecular weight excluding hydrogens is 441 g/mol. The number of Topliss-reactive ketones (excluding diaryl/α,β-unsaturated/α-hetero) is 1. The van der Waals surface area contributed by atoms with Gasteiger partial charge in [-0.3, -0.25) is 4.79 Å². The molecule has 34 heavy (non-hydrogen) atoms. The maximum absolute atomic E-state index is 13.6. The highest BCUT2D eigenvalue weighted by atomic mass is 19.4. The van der Waals surface area contributed by atoms with E-state index in [0.29, 0.717) is 36.5 Å². The third-order valence-electron chi connectivity index (χ3n) is 6.41. The van der Waals surface area contributed by atoms with E-state index in [9.17, 15) is 18.0 Å². The highest BCUT2D eigenvalue weighted by molar-refractivity contribution is 5.96. The topological polar surface area (TPSA) is 59.3 Å². The minimum atomic E-state index is -4.47. The van der Waals surface area contributed by atoms with Crippen LogP contribution in [0.5, 0.6) is 0 Å². The van der Waals surface area contributed by atoms with Crippen molar-refractivity contribution >= 4 is 17.2 Å². The van der Waals surface area contributed by atoms with Crippen LogP contribution in [0.3, 0.4) is 0 Å². The van der Waals surface area contributed by atoms with Gasteiger partial charge in [0.1, 0.15) is 5.82 Å².